The summed E-state index contributed by atoms with van der Waals surface area (Å²) in [6.45, 7) is 0. The van der Waals surface area contributed by atoms with Gasteiger partial charge in [0.2, 0.25) is 0 Å². The Balaban J connectivity index is 0.000000500. The van der Waals surface area contributed by atoms with Gasteiger partial charge in [0.05, 0.1) is 0 Å². The Bertz CT molecular complexity index is 286. The van der Waals surface area contributed by atoms with E-state index in [1.807, 2.05) is 24.5 Å². The van der Waals surface area contributed by atoms with E-state index in [2.05, 4.69) is 9.97 Å². The number of H-pyrrole nitrogens is 1. The summed E-state index contributed by atoms with van der Waals surface area (Å²) in [4.78, 5) is 7.04. The van der Waals surface area contributed by atoms with E-state index in [1.54, 1.807) is 6.20 Å². The largest absolute Gasteiger partial charge is 0.361 e. The molecular formula is C7H6KN2. The zero-order chi connectivity index (χ0) is 6.10. The van der Waals surface area contributed by atoms with Crippen LogP contribution in [0.3, 0.4) is 0 Å². The summed E-state index contributed by atoms with van der Waals surface area (Å²) in [5.41, 5.74) is 1.14. The molecule has 2 aromatic heterocycles. The first-order valence-electron chi connectivity index (χ1n) is 2.84. The van der Waals surface area contributed by atoms with Gasteiger partial charge in [-0.15, -0.1) is 0 Å². The minimum Gasteiger partial charge on any atom is -0.361 e. The number of hydrogen-bond donors (Lipinski definition) is 1. The molecule has 0 amide bonds. The summed E-state index contributed by atoms with van der Waals surface area (Å²) >= 11 is 0. The van der Waals surface area contributed by atoms with Gasteiger partial charge < -0.3 is 4.98 Å². The van der Waals surface area contributed by atoms with Crippen molar-refractivity contribution in [3.05, 3.63) is 30.7 Å². The summed E-state index contributed by atoms with van der Waals surface area (Å²) in [5, 5.41) is 1.16. The smallest absolute Gasteiger partial charge is 0.0484 e. The van der Waals surface area contributed by atoms with Gasteiger partial charge in [0, 0.05) is 80.9 Å². The van der Waals surface area contributed by atoms with Gasteiger partial charge in [-0.2, -0.15) is 0 Å². The Morgan fingerprint density at radius 3 is 3.00 bits per heavy atom. The van der Waals surface area contributed by atoms with Gasteiger partial charge in [-0.1, -0.05) is 0 Å². The molecule has 1 radical (unpaired) electrons. The van der Waals surface area contributed by atoms with Crippen molar-refractivity contribution in [2.45, 2.75) is 0 Å². The van der Waals surface area contributed by atoms with Gasteiger partial charge in [-0.05, 0) is 12.1 Å². The fraction of sp³-hybridized carbons (Fsp3) is 0. The Kier molecular flexibility index (Phi) is 3.07. The second-order valence-electron chi connectivity index (χ2n) is 1.94. The maximum absolute atomic E-state index is 3.97. The maximum Gasteiger partial charge on any atom is 0.0484 e. The molecule has 0 spiro atoms. The van der Waals surface area contributed by atoms with Crippen LogP contribution in [0.1, 0.15) is 0 Å². The minimum atomic E-state index is 0. The van der Waals surface area contributed by atoms with Gasteiger partial charge in [0.15, 0.2) is 0 Å². The minimum absolute atomic E-state index is 0. The molecule has 0 fully saturated rings. The van der Waals surface area contributed by atoms with Crippen molar-refractivity contribution < 1.29 is 0 Å². The first-order valence-corrected chi connectivity index (χ1v) is 2.84. The fourth-order valence-corrected chi connectivity index (χ4v) is 0.892. The van der Waals surface area contributed by atoms with Crippen LogP contribution in [0.5, 0.6) is 0 Å². The number of aromatic nitrogens is 2. The number of fused-ring (bicyclic) bond motifs is 1. The van der Waals surface area contributed by atoms with Crippen molar-refractivity contribution in [3.8, 4) is 0 Å². The Morgan fingerprint density at radius 1 is 1.30 bits per heavy atom. The number of aromatic amines is 1. The molecule has 2 heterocycles. The normalized spacial score (nSPS) is 9.20. The Morgan fingerprint density at radius 2 is 2.20 bits per heavy atom. The maximum atomic E-state index is 3.97. The van der Waals surface area contributed by atoms with Crippen molar-refractivity contribution in [2.24, 2.45) is 0 Å². The van der Waals surface area contributed by atoms with E-state index in [0.29, 0.717) is 0 Å². The van der Waals surface area contributed by atoms with Crippen molar-refractivity contribution >= 4 is 62.3 Å². The summed E-state index contributed by atoms with van der Waals surface area (Å²) in [6, 6.07) is 3.96. The second-order valence-corrected chi connectivity index (χ2v) is 1.94. The summed E-state index contributed by atoms with van der Waals surface area (Å²) in [5.74, 6) is 0. The summed E-state index contributed by atoms with van der Waals surface area (Å²) < 4.78 is 0. The number of pyridine rings is 1. The average Bonchev–Trinajstić information content (AvgIpc) is 2.33. The van der Waals surface area contributed by atoms with Crippen molar-refractivity contribution in [1.29, 1.82) is 0 Å². The van der Waals surface area contributed by atoms with Crippen LogP contribution in [0.15, 0.2) is 30.7 Å². The zero-order valence-corrected chi connectivity index (χ0v) is 8.96. The van der Waals surface area contributed by atoms with E-state index in [4.69, 9.17) is 0 Å². The molecule has 0 atom stereocenters. The van der Waals surface area contributed by atoms with Crippen LogP contribution in [0.2, 0.25) is 0 Å². The van der Waals surface area contributed by atoms with Gasteiger partial charge >= 0.3 is 0 Å². The third kappa shape index (κ3) is 1.49. The molecule has 3 heteroatoms. The molecule has 45 valence electrons. The standard InChI is InChI=1S/C7H6N2.K/c1-4-9-7-2-3-8-5-6(1)7;/h1-5,9H;. The molecule has 0 unspecified atom stereocenters. The first kappa shape index (κ1) is 8.42. The number of nitrogens with one attached hydrogen (secondary N) is 1. The number of rotatable bonds is 0. The van der Waals surface area contributed by atoms with Gasteiger partial charge in [0.25, 0.3) is 0 Å². The van der Waals surface area contributed by atoms with Crippen LogP contribution in [0, 0.1) is 0 Å². The van der Waals surface area contributed by atoms with Gasteiger partial charge in [0.1, 0.15) is 0 Å². The zero-order valence-electron chi connectivity index (χ0n) is 5.83. The van der Waals surface area contributed by atoms with E-state index in [9.17, 15) is 0 Å². The van der Waals surface area contributed by atoms with E-state index in [1.165, 1.54) is 0 Å². The fourth-order valence-electron chi connectivity index (χ4n) is 0.892. The predicted molar refractivity (Wildman–Crippen MR) is 41.8 cm³/mol. The molecule has 0 saturated carbocycles. The van der Waals surface area contributed by atoms with Crippen molar-refractivity contribution in [3.63, 3.8) is 0 Å². The molecule has 0 saturated heterocycles. The van der Waals surface area contributed by atoms with Gasteiger partial charge in [-0.25, -0.2) is 0 Å². The third-order valence-corrected chi connectivity index (χ3v) is 1.35. The molecule has 0 aromatic carbocycles. The van der Waals surface area contributed by atoms with Gasteiger partial charge in [-0.3, -0.25) is 4.98 Å². The molecule has 0 aliphatic rings. The summed E-state index contributed by atoms with van der Waals surface area (Å²) in [7, 11) is 0. The van der Waals surface area contributed by atoms with Crippen LogP contribution < -0.4 is 0 Å². The SMILES string of the molecule is [K].c1cc2[nH]ccc2cn1. The molecule has 0 aliphatic heterocycles. The van der Waals surface area contributed by atoms with Crippen molar-refractivity contribution in [2.75, 3.05) is 0 Å². The predicted octanol–water partition coefficient (Wildman–Crippen LogP) is 1.18. The van der Waals surface area contributed by atoms with Crippen LogP contribution in [0.25, 0.3) is 10.9 Å². The van der Waals surface area contributed by atoms with Crippen LogP contribution in [0.4, 0.5) is 0 Å². The monoisotopic (exact) mass is 157 g/mol. The molecule has 10 heavy (non-hydrogen) atoms. The van der Waals surface area contributed by atoms with Crippen LogP contribution >= 0.6 is 0 Å². The second kappa shape index (κ2) is 3.64. The number of hydrogen-bond acceptors (Lipinski definition) is 1. The quantitative estimate of drug-likeness (QED) is 0.572. The molecule has 0 aliphatic carbocycles. The Hall–Kier alpha value is 0.326. The molecule has 2 nitrogen and oxygen atoms in total. The van der Waals surface area contributed by atoms with E-state index in [-0.39, 0.29) is 51.4 Å². The first-order chi connectivity index (χ1) is 4.47. The third-order valence-electron chi connectivity index (χ3n) is 1.35. The van der Waals surface area contributed by atoms with E-state index >= 15 is 0 Å². The molecule has 2 aromatic rings. The molecular weight excluding hydrogens is 151 g/mol. The average molecular weight is 157 g/mol. The van der Waals surface area contributed by atoms with E-state index < -0.39 is 0 Å². The molecule has 1 N–H and O–H groups in total. The summed E-state index contributed by atoms with van der Waals surface area (Å²) in [6.07, 6.45) is 5.52. The molecule has 2 rings (SSSR count). The number of nitrogens with zero attached hydrogens (tertiary/aromatic N) is 1. The topological polar surface area (TPSA) is 28.7 Å². The van der Waals surface area contributed by atoms with Crippen LogP contribution in [-0.2, 0) is 0 Å². The van der Waals surface area contributed by atoms with Crippen molar-refractivity contribution in [1.82, 2.24) is 9.97 Å². The van der Waals surface area contributed by atoms with E-state index in [0.717, 1.165) is 10.9 Å². The molecule has 0 bridgehead atoms. The van der Waals surface area contributed by atoms with Crippen LogP contribution in [-0.4, -0.2) is 61.4 Å². The Labute approximate surface area is 101 Å².